The van der Waals surface area contributed by atoms with E-state index in [0.29, 0.717) is 5.92 Å². The Kier molecular flexibility index (Phi) is 8.68. The number of rotatable bonds is 7. The first-order valence-electron chi connectivity index (χ1n) is 9.21. The lowest BCUT2D eigenvalue weighted by Crippen LogP contribution is -2.39. The van der Waals surface area contributed by atoms with E-state index in [1.54, 1.807) is 18.4 Å². The summed E-state index contributed by atoms with van der Waals surface area (Å²) in [5.41, 5.74) is 3.12. The average molecular weight is 515 g/mol. The van der Waals surface area contributed by atoms with Gasteiger partial charge in [-0.3, -0.25) is 4.99 Å². The summed E-state index contributed by atoms with van der Waals surface area (Å²) in [6, 6.07) is 4.84. The van der Waals surface area contributed by atoms with Crippen molar-refractivity contribution in [1.82, 2.24) is 20.6 Å². The number of benzene rings is 1. The fraction of sp³-hybridized carbons (Fsp3) is 0.400. The maximum Gasteiger partial charge on any atom is 0.190 e. The fourth-order valence-electron chi connectivity index (χ4n) is 2.91. The van der Waals surface area contributed by atoms with Gasteiger partial charge in [-0.05, 0) is 30.2 Å². The van der Waals surface area contributed by atoms with Crippen LogP contribution in [0.1, 0.15) is 36.0 Å². The third-order valence-electron chi connectivity index (χ3n) is 4.38. The van der Waals surface area contributed by atoms with Crippen molar-refractivity contribution in [3.63, 3.8) is 0 Å². The van der Waals surface area contributed by atoms with Crippen LogP contribution >= 0.6 is 35.3 Å². The van der Waals surface area contributed by atoms with Crippen LogP contribution in [0.5, 0.6) is 0 Å². The topological polar surface area (TPSA) is 65.1 Å². The summed E-state index contributed by atoms with van der Waals surface area (Å²) >= 11 is 1.73. The molecule has 0 saturated carbocycles. The van der Waals surface area contributed by atoms with Gasteiger partial charge in [0.2, 0.25) is 0 Å². The number of aromatic nitrogens is 2. The maximum absolute atomic E-state index is 13.3. The second-order valence-electron chi connectivity index (χ2n) is 6.76. The number of aromatic amines is 1. The molecule has 0 saturated heterocycles. The summed E-state index contributed by atoms with van der Waals surface area (Å²) in [5, 5.41) is 11.0. The van der Waals surface area contributed by atoms with Crippen LogP contribution in [-0.4, -0.2) is 36.1 Å². The molecule has 0 radical (unpaired) electrons. The Bertz CT molecular complexity index is 918. The van der Waals surface area contributed by atoms with E-state index in [1.807, 2.05) is 12.3 Å². The molecule has 0 unspecified atom stereocenters. The summed E-state index contributed by atoms with van der Waals surface area (Å²) in [5.74, 6) is 1.03. The van der Waals surface area contributed by atoms with Gasteiger partial charge in [-0.25, -0.2) is 9.37 Å². The first-order valence-corrected chi connectivity index (χ1v) is 10.1. The SMILES string of the molecule is CN=C(NCCc1csc(C(C)C)n1)NCCc1c[nH]c2cc(F)ccc12.I. The van der Waals surface area contributed by atoms with Crippen molar-refractivity contribution in [2.75, 3.05) is 20.1 Å². The van der Waals surface area contributed by atoms with Gasteiger partial charge in [-0.2, -0.15) is 0 Å². The Hall–Kier alpha value is -1.68. The Morgan fingerprint density at radius 2 is 2.00 bits per heavy atom. The molecular weight excluding hydrogens is 488 g/mol. The predicted octanol–water partition coefficient (Wildman–Crippen LogP) is 4.46. The van der Waals surface area contributed by atoms with Gasteiger partial charge < -0.3 is 15.6 Å². The second-order valence-corrected chi connectivity index (χ2v) is 7.65. The summed E-state index contributed by atoms with van der Waals surface area (Å²) in [7, 11) is 1.77. The molecule has 0 fully saturated rings. The largest absolute Gasteiger partial charge is 0.361 e. The molecule has 0 amide bonds. The monoisotopic (exact) mass is 515 g/mol. The van der Waals surface area contributed by atoms with E-state index in [0.717, 1.165) is 54.1 Å². The predicted molar refractivity (Wildman–Crippen MR) is 127 cm³/mol. The summed E-state index contributed by atoms with van der Waals surface area (Å²) < 4.78 is 13.3. The number of hydrogen-bond donors (Lipinski definition) is 3. The quantitative estimate of drug-likeness (QED) is 0.248. The molecule has 3 N–H and O–H groups in total. The van der Waals surface area contributed by atoms with Crippen LogP contribution in [0.15, 0.2) is 34.8 Å². The highest BCUT2D eigenvalue weighted by molar-refractivity contribution is 14.0. The Labute approximate surface area is 186 Å². The van der Waals surface area contributed by atoms with Gasteiger partial charge in [-0.1, -0.05) is 13.8 Å². The zero-order chi connectivity index (χ0) is 19.2. The van der Waals surface area contributed by atoms with Crippen LogP contribution in [0.4, 0.5) is 4.39 Å². The molecule has 0 spiro atoms. The average Bonchev–Trinajstić information content (AvgIpc) is 3.27. The molecule has 5 nitrogen and oxygen atoms in total. The van der Waals surface area contributed by atoms with Crippen molar-refractivity contribution >= 4 is 52.2 Å². The minimum absolute atomic E-state index is 0. The molecule has 28 heavy (non-hydrogen) atoms. The van der Waals surface area contributed by atoms with E-state index in [9.17, 15) is 4.39 Å². The lowest BCUT2D eigenvalue weighted by Gasteiger charge is -2.11. The minimum Gasteiger partial charge on any atom is -0.361 e. The Balaban J connectivity index is 0.00000280. The zero-order valence-corrected chi connectivity index (χ0v) is 19.5. The molecule has 2 aromatic heterocycles. The number of guanidine groups is 1. The van der Waals surface area contributed by atoms with Gasteiger partial charge in [0.25, 0.3) is 0 Å². The van der Waals surface area contributed by atoms with Crippen LogP contribution < -0.4 is 10.6 Å². The van der Waals surface area contributed by atoms with Gasteiger partial charge in [0, 0.05) is 55.0 Å². The number of aliphatic imine (C=N–C) groups is 1. The van der Waals surface area contributed by atoms with Crippen molar-refractivity contribution in [1.29, 1.82) is 0 Å². The van der Waals surface area contributed by atoms with E-state index in [4.69, 9.17) is 0 Å². The fourth-order valence-corrected chi connectivity index (χ4v) is 3.78. The highest BCUT2D eigenvalue weighted by Gasteiger charge is 2.07. The molecule has 1 aromatic carbocycles. The van der Waals surface area contributed by atoms with Crippen molar-refractivity contribution < 1.29 is 4.39 Å². The minimum atomic E-state index is -0.223. The molecule has 2 heterocycles. The third-order valence-corrected chi connectivity index (χ3v) is 5.57. The molecule has 152 valence electrons. The number of nitrogens with zero attached hydrogens (tertiary/aromatic N) is 2. The van der Waals surface area contributed by atoms with Crippen molar-refractivity contribution in [2.24, 2.45) is 4.99 Å². The Morgan fingerprint density at radius 3 is 2.68 bits per heavy atom. The van der Waals surface area contributed by atoms with Gasteiger partial charge in [0.05, 0.1) is 10.7 Å². The molecule has 0 aliphatic heterocycles. The van der Waals surface area contributed by atoms with Gasteiger partial charge in [0.15, 0.2) is 5.96 Å². The number of fused-ring (bicyclic) bond motifs is 1. The number of halogens is 2. The van der Waals surface area contributed by atoms with Crippen molar-refractivity contribution in [3.8, 4) is 0 Å². The van der Waals surface area contributed by atoms with E-state index in [-0.39, 0.29) is 29.8 Å². The maximum atomic E-state index is 13.3. The van der Waals surface area contributed by atoms with Crippen LogP contribution in [0.25, 0.3) is 10.9 Å². The molecular formula is C20H27FIN5S. The van der Waals surface area contributed by atoms with Crippen LogP contribution in [-0.2, 0) is 12.8 Å². The number of nitrogens with one attached hydrogen (secondary N) is 3. The number of hydrogen-bond acceptors (Lipinski definition) is 3. The lowest BCUT2D eigenvalue weighted by molar-refractivity contribution is 0.629. The van der Waals surface area contributed by atoms with Crippen LogP contribution in [0.2, 0.25) is 0 Å². The highest BCUT2D eigenvalue weighted by atomic mass is 127. The van der Waals surface area contributed by atoms with Crippen LogP contribution in [0.3, 0.4) is 0 Å². The molecule has 0 atom stereocenters. The first-order chi connectivity index (χ1) is 13.1. The number of thiazole rings is 1. The standard InChI is InChI=1S/C20H26FN5S.HI/c1-13(2)19-26-16(12-27-19)7-9-24-20(22-3)23-8-6-14-11-25-18-10-15(21)4-5-17(14)18;/h4-5,10-13,25H,6-9H2,1-3H3,(H2,22,23,24);1H. The molecule has 0 bridgehead atoms. The second kappa shape index (κ2) is 10.8. The van der Waals surface area contributed by atoms with Crippen molar-refractivity contribution in [2.45, 2.75) is 32.6 Å². The summed E-state index contributed by atoms with van der Waals surface area (Å²) in [4.78, 5) is 12.0. The summed E-state index contributed by atoms with van der Waals surface area (Å²) in [6.45, 7) is 5.86. The smallest absolute Gasteiger partial charge is 0.190 e. The van der Waals surface area contributed by atoms with Crippen LogP contribution in [0, 0.1) is 5.82 Å². The summed E-state index contributed by atoms with van der Waals surface area (Å²) in [6.07, 6.45) is 3.64. The van der Waals surface area contributed by atoms with Gasteiger partial charge in [0.1, 0.15) is 5.82 Å². The van der Waals surface area contributed by atoms with Gasteiger partial charge in [-0.15, -0.1) is 35.3 Å². The van der Waals surface area contributed by atoms with E-state index in [2.05, 4.69) is 44.8 Å². The normalized spacial score (nSPS) is 11.7. The molecule has 3 aromatic rings. The van der Waals surface area contributed by atoms with E-state index >= 15 is 0 Å². The van der Waals surface area contributed by atoms with E-state index in [1.165, 1.54) is 17.1 Å². The molecule has 0 aliphatic carbocycles. The van der Waals surface area contributed by atoms with Crippen molar-refractivity contribution in [3.05, 3.63) is 51.9 Å². The highest BCUT2D eigenvalue weighted by Crippen LogP contribution is 2.20. The number of H-pyrrole nitrogens is 1. The third kappa shape index (κ3) is 5.91. The molecule has 8 heteroatoms. The Morgan fingerprint density at radius 1 is 1.25 bits per heavy atom. The zero-order valence-electron chi connectivity index (χ0n) is 16.4. The van der Waals surface area contributed by atoms with E-state index < -0.39 is 0 Å². The molecule has 0 aliphatic rings. The molecule has 3 rings (SSSR count). The first kappa shape index (κ1) is 22.6. The lowest BCUT2D eigenvalue weighted by atomic mass is 10.1. The van der Waals surface area contributed by atoms with Gasteiger partial charge >= 0.3 is 0 Å².